The Labute approximate surface area is 201 Å². The van der Waals surface area contributed by atoms with Crippen molar-refractivity contribution in [3.05, 3.63) is 71.9 Å². The average molecular weight is 462 g/mol. The van der Waals surface area contributed by atoms with Crippen molar-refractivity contribution >= 4 is 12.0 Å². The van der Waals surface area contributed by atoms with Crippen LogP contribution in [0, 0.1) is 35.5 Å². The molecule has 1 aliphatic carbocycles. The molecule has 0 bridgehead atoms. The third-order valence-corrected chi connectivity index (χ3v) is 6.18. The molecule has 2 heterocycles. The molecule has 1 aromatic rings. The van der Waals surface area contributed by atoms with E-state index in [-0.39, 0.29) is 29.9 Å². The third-order valence-electron chi connectivity index (χ3n) is 6.18. The maximum absolute atomic E-state index is 15.1. The normalized spacial score (nSPS) is 26.7. The van der Waals surface area contributed by atoms with E-state index >= 15 is 4.39 Å². The summed E-state index contributed by atoms with van der Waals surface area (Å²) in [5.74, 6) is 2.64. The maximum atomic E-state index is 15.1. The van der Waals surface area contributed by atoms with Gasteiger partial charge >= 0.3 is 0 Å². The van der Waals surface area contributed by atoms with E-state index in [0.717, 1.165) is 37.8 Å². The van der Waals surface area contributed by atoms with Crippen LogP contribution in [0.15, 0.2) is 71.9 Å². The van der Waals surface area contributed by atoms with Crippen LogP contribution in [0.5, 0.6) is 5.88 Å². The third kappa shape index (κ3) is 7.10. The molecule has 1 aliphatic heterocycles. The SMILES string of the molecule is C#CC/C=C(Oc1ccccn1)\C(F)=C/CC1/C=C(/C2CCN(CC=O)C2)C(=N)C(C)C/C=C/1. The molecule has 1 saturated heterocycles. The topological polar surface area (TPSA) is 66.3 Å². The lowest BCUT2D eigenvalue weighted by atomic mass is 9.82. The Morgan fingerprint density at radius 2 is 2.26 bits per heavy atom. The zero-order valence-electron chi connectivity index (χ0n) is 19.6. The Bertz CT molecular complexity index is 1020. The van der Waals surface area contributed by atoms with Gasteiger partial charge in [-0.2, -0.15) is 0 Å². The number of halogens is 1. The second kappa shape index (κ2) is 12.8. The predicted molar refractivity (Wildman–Crippen MR) is 133 cm³/mol. The minimum Gasteiger partial charge on any atom is -0.436 e. The van der Waals surface area contributed by atoms with Gasteiger partial charge in [-0.15, -0.1) is 12.3 Å². The van der Waals surface area contributed by atoms with E-state index in [2.05, 4.69) is 41.0 Å². The minimum absolute atomic E-state index is 0.0440. The molecule has 5 nitrogen and oxygen atoms in total. The van der Waals surface area contributed by atoms with E-state index in [1.54, 1.807) is 24.4 Å². The van der Waals surface area contributed by atoms with Crippen molar-refractivity contribution in [1.82, 2.24) is 9.88 Å². The van der Waals surface area contributed by atoms with Crippen LogP contribution in [0.2, 0.25) is 0 Å². The van der Waals surface area contributed by atoms with E-state index in [4.69, 9.17) is 16.6 Å². The van der Waals surface area contributed by atoms with Crippen LogP contribution in [0.4, 0.5) is 4.39 Å². The number of terminal acetylenes is 1. The van der Waals surface area contributed by atoms with Crippen molar-refractivity contribution in [3.63, 3.8) is 0 Å². The molecule has 3 rings (SSSR count). The highest BCUT2D eigenvalue weighted by Crippen LogP contribution is 2.31. The van der Waals surface area contributed by atoms with Gasteiger partial charge in [0.05, 0.1) is 6.54 Å². The number of carbonyl (C=O) groups excluding carboxylic acids is 1. The van der Waals surface area contributed by atoms with Crippen molar-refractivity contribution in [3.8, 4) is 18.2 Å². The van der Waals surface area contributed by atoms with Gasteiger partial charge in [-0.05, 0) is 61.4 Å². The molecule has 0 aromatic carbocycles. The number of nitrogens with zero attached hydrogens (tertiary/aromatic N) is 2. The summed E-state index contributed by atoms with van der Waals surface area (Å²) in [5, 5.41) is 8.76. The number of allylic oxidation sites excluding steroid dienone is 6. The maximum Gasteiger partial charge on any atom is 0.219 e. The van der Waals surface area contributed by atoms with Gasteiger partial charge in [0.1, 0.15) is 6.29 Å². The van der Waals surface area contributed by atoms with Crippen molar-refractivity contribution in [2.45, 2.75) is 32.6 Å². The van der Waals surface area contributed by atoms with Crippen molar-refractivity contribution in [2.24, 2.45) is 17.8 Å². The summed E-state index contributed by atoms with van der Waals surface area (Å²) in [6.07, 6.45) is 19.6. The Hall–Kier alpha value is -3.30. The zero-order chi connectivity index (χ0) is 24.3. The van der Waals surface area contributed by atoms with Gasteiger partial charge in [-0.3, -0.25) is 4.90 Å². The zero-order valence-corrected chi connectivity index (χ0v) is 19.6. The summed E-state index contributed by atoms with van der Waals surface area (Å²) >= 11 is 0. The number of rotatable bonds is 9. The van der Waals surface area contributed by atoms with Gasteiger partial charge in [0, 0.05) is 36.9 Å². The summed E-state index contributed by atoms with van der Waals surface area (Å²) in [5.41, 5.74) is 1.67. The number of hydrogen-bond donors (Lipinski definition) is 1. The highest BCUT2D eigenvalue weighted by molar-refractivity contribution is 6.00. The largest absolute Gasteiger partial charge is 0.436 e. The monoisotopic (exact) mass is 461 g/mol. The summed E-state index contributed by atoms with van der Waals surface area (Å²) in [6, 6.07) is 5.19. The van der Waals surface area contributed by atoms with Crippen molar-refractivity contribution in [1.29, 1.82) is 5.41 Å². The number of aromatic nitrogens is 1. The number of carbonyl (C=O) groups is 1. The quantitative estimate of drug-likeness (QED) is 0.178. The lowest BCUT2D eigenvalue weighted by Gasteiger charge is -2.24. The van der Waals surface area contributed by atoms with Crippen molar-refractivity contribution in [2.75, 3.05) is 19.6 Å². The van der Waals surface area contributed by atoms with Gasteiger partial charge in [-0.25, -0.2) is 9.37 Å². The van der Waals surface area contributed by atoms with Gasteiger partial charge < -0.3 is 14.9 Å². The Balaban J connectivity index is 1.79. The Kier molecular flexibility index (Phi) is 9.54. The van der Waals surface area contributed by atoms with E-state index in [1.165, 1.54) is 12.2 Å². The van der Waals surface area contributed by atoms with E-state index in [9.17, 15) is 4.79 Å². The molecule has 2 aliphatic rings. The summed E-state index contributed by atoms with van der Waals surface area (Å²) < 4.78 is 20.8. The molecule has 0 radical (unpaired) electrons. The number of aldehydes is 1. The number of nitrogens with one attached hydrogen (secondary N) is 1. The number of pyridine rings is 1. The summed E-state index contributed by atoms with van der Waals surface area (Å²) in [4.78, 5) is 17.1. The molecular formula is C28H32FN3O2. The average Bonchev–Trinajstić information content (AvgIpc) is 3.30. The van der Waals surface area contributed by atoms with Crippen LogP contribution in [-0.4, -0.2) is 41.5 Å². The van der Waals surface area contributed by atoms with Crippen LogP contribution < -0.4 is 4.74 Å². The van der Waals surface area contributed by atoms with Crippen LogP contribution in [-0.2, 0) is 4.79 Å². The van der Waals surface area contributed by atoms with Crippen LogP contribution in [0.1, 0.15) is 32.6 Å². The van der Waals surface area contributed by atoms with Gasteiger partial charge in [0.25, 0.3) is 0 Å². The second-order valence-electron chi connectivity index (χ2n) is 8.71. The fourth-order valence-corrected chi connectivity index (χ4v) is 4.30. The van der Waals surface area contributed by atoms with Crippen LogP contribution >= 0.6 is 0 Å². The number of ether oxygens (including phenoxy) is 1. The molecule has 1 N–H and O–H groups in total. The van der Waals surface area contributed by atoms with E-state index < -0.39 is 5.83 Å². The van der Waals surface area contributed by atoms with Crippen molar-refractivity contribution < 1.29 is 13.9 Å². The van der Waals surface area contributed by atoms with Gasteiger partial charge in [0.2, 0.25) is 5.88 Å². The fraction of sp³-hybridized carbons (Fsp3) is 0.393. The molecule has 178 valence electrons. The van der Waals surface area contributed by atoms with Gasteiger partial charge in [0.15, 0.2) is 11.6 Å². The van der Waals surface area contributed by atoms with E-state index in [1.807, 2.05) is 0 Å². The number of likely N-dealkylation sites (tertiary alicyclic amines) is 1. The summed E-state index contributed by atoms with van der Waals surface area (Å²) in [6.45, 7) is 4.12. The molecule has 6 heteroatoms. The lowest BCUT2D eigenvalue weighted by molar-refractivity contribution is -0.108. The smallest absolute Gasteiger partial charge is 0.219 e. The highest BCUT2D eigenvalue weighted by Gasteiger charge is 2.29. The predicted octanol–water partition coefficient (Wildman–Crippen LogP) is 5.29. The Morgan fingerprint density at radius 1 is 1.41 bits per heavy atom. The molecule has 0 spiro atoms. The molecular weight excluding hydrogens is 429 g/mol. The minimum atomic E-state index is -0.493. The van der Waals surface area contributed by atoms with Crippen LogP contribution in [0.3, 0.4) is 0 Å². The van der Waals surface area contributed by atoms with Crippen LogP contribution in [0.25, 0.3) is 0 Å². The highest BCUT2D eigenvalue weighted by atomic mass is 19.1. The molecule has 0 amide bonds. The first kappa shape index (κ1) is 25.3. The number of hydrogen-bond acceptors (Lipinski definition) is 5. The first-order valence-electron chi connectivity index (χ1n) is 11.7. The van der Waals surface area contributed by atoms with Gasteiger partial charge in [-0.1, -0.05) is 31.2 Å². The standard InChI is InChI=1S/C28H32FN3O2/c1-3-4-10-26(34-27-11-5-6-15-31-27)25(29)13-12-22-9-7-8-21(2)28(30)24(19-22)23-14-16-32(20-23)17-18-33/h1,5-7,9-11,13,15,18-19,21-23,30H,4,8,12,14,16-17,20H2,2H3/b9-7+,24-19-,25-13+,26-10+,30-28?. The molecule has 3 unspecified atom stereocenters. The fourth-order valence-electron chi connectivity index (χ4n) is 4.30. The first-order valence-corrected chi connectivity index (χ1v) is 11.7. The summed E-state index contributed by atoms with van der Waals surface area (Å²) in [7, 11) is 0. The molecule has 1 aromatic heterocycles. The lowest BCUT2D eigenvalue weighted by Crippen LogP contribution is -2.26. The molecule has 3 atom stereocenters. The molecule has 0 saturated carbocycles. The second-order valence-corrected chi connectivity index (χ2v) is 8.71. The first-order chi connectivity index (χ1) is 16.5. The Morgan fingerprint density at radius 3 is 3.00 bits per heavy atom. The molecule has 1 fully saturated rings. The van der Waals surface area contributed by atoms with E-state index in [0.29, 0.717) is 24.6 Å². The molecule has 34 heavy (non-hydrogen) atoms.